The molecular weight excluding hydrogens is 290 g/mol. The number of hydrogen-bond donors (Lipinski definition) is 0. The molecule has 122 valence electrons. The summed E-state index contributed by atoms with van der Waals surface area (Å²) < 4.78 is 11.0. The molecule has 0 N–H and O–H groups in total. The molecule has 0 radical (unpaired) electrons. The van der Waals surface area contributed by atoms with Crippen LogP contribution >= 0.6 is 0 Å². The molecule has 0 saturated heterocycles. The fourth-order valence-corrected chi connectivity index (χ4v) is 2.31. The molecule has 0 aliphatic rings. The number of rotatable bonds is 7. The third-order valence-electron chi connectivity index (χ3n) is 3.62. The van der Waals surface area contributed by atoms with Crippen LogP contribution in [0.3, 0.4) is 0 Å². The molecule has 0 heterocycles. The molecule has 4 heteroatoms. The summed E-state index contributed by atoms with van der Waals surface area (Å²) in [7, 11) is 3.42. The Labute approximate surface area is 137 Å². The maximum absolute atomic E-state index is 12.6. The Kier molecular flexibility index (Phi) is 6.03. The van der Waals surface area contributed by atoms with E-state index in [1.807, 2.05) is 61.5 Å². The van der Waals surface area contributed by atoms with Crippen molar-refractivity contribution in [1.29, 1.82) is 0 Å². The molecule has 0 saturated carbocycles. The zero-order valence-electron chi connectivity index (χ0n) is 13.9. The van der Waals surface area contributed by atoms with Gasteiger partial charge >= 0.3 is 0 Å². The molecule has 23 heavy (non-hydrogen) atoms. The second-order valence-corrected chi connectivity index (χ2v) is 5.37. The highest BCUT2D eigenvalue weighted by Crippen LogP contribution is 2.19. The van der Waals surface area contributed by atoms with Gasteiger partial charge in [-0.3, -0.25) is 4.79 Å². The van der Waals surface area contributed by atoms with Gasteiger partial charge in [-0.15, -0.1) is 0 Å². The summed E-state index contributed by atoms with van der Waals surface area (Å²) in [5.74, 6) is 1.41. The van der Waals surface area contributed by atoms with Crippen molar-refractivity contribution in [2.24, 2.45) is 0 Å². The molecule has 1 amide bonds. The highest BCUT2D eigenvalue weighted by atomic mass is 16.5. The van der Waals surface area contributed by atoms with E-state index in [0.29, 0.717) is 18.7 Å². The van der Waals surface area contributed by atoms with E-state index in [9.17, 15) is 4.79 Å². The van der Waals surface area contributed by atoms with Crippen LogP contribution in [0, 0.1) is 0 Å². The van der Waals surface area contributed by atoms with Gasteiger partial charge in [0.05, 0.1) is 7.11 Å². The van der Waals surface area contributed by atoms with Crippen molar-refractivity contribution in [3.63, 3.8) is 0 Å². The molecule has 0 fully saturated rings. The smallest absolute Gasteiger partial charge is 0.263 e. The lowest BCUT2D eigenvalue weighted by Crippen LogP contribution is -2.39. The summed E-state index contributed by atoms with van der Waals surface area (Å²) in [4.78, 5) is 14.3. The Bertz CT molecular complexity index is 610. The first-order chi connectivity index (χ1) is 11.1. The highest BCUT2D eigenvalue weighted by molar-refractivity contribution is 5.81. The maximum Gasteiger partial charge on any atom is 0.263 e. The molecule has 0 unspecified atom stereocenters. The first-order valence-corrected chi connectivity index (χ1v) is 7.73. The molecule has 4 nitrogen and oxygen atoms in total. The van der Waals surface area contributed by atoms with Crippen LogP contribution in [-0.4, -0.2) is 31.1 Å². The van der Waals surface area contributed by atoms with E-state index >= 15 is 0 Å². The van der Waals surface area contributed by atoms with Crippen molar-refractivity contribution in [1.82, 2.24) is 4.90 Å². The van der Waals surface area contributed by atoms with Gasteiger partial charge in [0.1, 0.15) is 11.5 Å². The monoisotopic (exact) mass is 313 g/mol. The Morgan fingerprint density at radius 3 is 2.22 bits per heavy atom. The molecule has 0 spiro atoms. The average Bonchev–Trinajstić information content (AvgIpc) is 2.60. The summed E-state index contributed by atoms with van der Waals surface area (Å²) in [5.41, 5.74) is 1.10. The topological polar surface area (TPSA) is 38.8 Å². The summed E-state index contributed by atoms with van der Waals surface area (Å²) in [6, 6.07) is 17.2. The zero-order valence-corrected chi connectivity index (χ0v) is 13.9. The number of carbonyl (C=O) groups is 1. The Balaban J connectivity index is 1.99. The van der Waals surface area contributed by atoms with E-state index in [-0.39, 0.29) is 5.91 Å². The van der Waals surface area contributed by atoms with Crippen LogP contribution in [-0.2, 0) is 11.3 Å². The van der Waals surface area contributed by atoms with E-state index in [0.717, 1.165) is 11.3 Å². The van der Waals surface area contributed by atoms with Gasteiger partial charge in [-0.1, -0.05) is 37.3 Å². The van der Waals surface area contributed by atoms with Crippen molar-refractivity contribution in [3.05, 3.63) is 60.2 Å². The van der Waals surface area contributed by atoms with E-state index in [1.54, 1.807) is 19.1 Å². The summed E-state index contributed by atoms with van der Waals surface area (Å²) >= 11 is 0. The van der Waals surface area contributed by atoms with Gasteiger partial charge < -0.3 is 14.4 Å². The van der Waals surface area contributed by atoms with Crippen LogP contribution < -0.4 is 9.47 Å². The minimum atomic E-state index is -0.489. The van der Waals surface area contributed by atoms with Gasteiger partial charge in [-0.2, -0.15) is 0 Å². The lowest BCUT2D eigenvalue weighted by Gasteiger charge is -2.24. The SMILES string of the molecule is CC[C@@H](Oc1ccc(OC)cc1)C(=O)N(C)Cc1ccccc1. The number of ether oxygens (including phenoxy) is 2. The molecule has 2 aromatic carbocycles. The van der Waals surface area contributed by atoms with Gasteiger partial charge in [0, 0.05) is 13.6 Å². The van der Waals surface area contributed by atoms with Gasteiger partial charge in [0.25, 0.3) is 5.91 Å². The van der Waals surface area contributed by atoms with Crippen LogP contribution in [0.2, 0.25) is 0 Å². The molecule has 0 aliphatic carbocycles. The lowest BCUT2D eigenvalue weighted by molar-refractivity contribution is -0.138. The van der Waals surface area contributed by atoms with Crippen LogP contribution in [0.1, 0.15) is 18.9 Å². The fourth-order valence-electron chi connectivity index (χ4n) is 2.31. The van der Waals surface area contributed by atoms with E-state index in [4.69, 9.17) is 9.47 Å². The quantitative estimate of drug-likeness (QED) is 0.785. The minimum Gasteiger partial charge on any atom is -0.497 e. The van der Waals surface area contributed by atoms with E-state index < -0.39 is 6.10 Å². The highest BCUT2D eigenvalue weighted by Gasteiger charge is 2.22. The van der Waals surface area contributed by atoms with Gasteiger partial charge in [-0.25, -0.2) is 0 Å². The standard InChI is InChI=1S/C19H23NO3/c1-4-18(23-17-12-10-16(22-3)11-13-17)19(21)20(2)14-15-8-6-5-7-9-15/h5-13,18H,4,14H2,1-3H3/t18-/m1/s1. The number of nitrogens with zero attached hydrogens (tertiary/aromatic N) is 1. The first-order valence-electron chi connectivity index (χ1n) is 7.73. The molecule has 0 aliphatic heterocycles. The molecule has 2 rings (SSSR count). The van der Waals surface area contributed by atoms with Gasteiger partial charge in [0.15, 0.2) is 6.10 Å². The number of amides is 1. The zero-order chi connectivity index (χ0) is 16.7. The number of likely N-dealkylation sites (N-methyl/N-ethyl adjacent to an activating group) is 1. The Morgan fingerprint density at radius 2 is 1.65 bits per heavy atom. The molecule has 0 bridgehead atoms. The lowest BCUT2D eigenvalue weighted by atomic mass is 10.2. The van der Waals surface area contributed by atoms with E-state index in [2.05, 4.69) is 0 Å². The number of hydrogen-bond acceptors (Lipinski definition) is 3. The fraction of sp³-hybridized carbons (Fsp3) is 0.316. The predicted molar refractivity (Wildman–Crippen MR) is 90.6 cm³/mol. The molecule has 2 aromatic rings. The second kappa shape index (κ2) is 8.22. The second-order valence-electron chi connectivity index (χ2n) is 5.37. The Hall–Kier alpha value is -2.49. The van der Waals surface area contributed by atoms with Crippen molar-refractivity contribution >= 4 is 5.91 Å². The van der Waals surface area contributed by atoms with Gasteiger partial charge in [0.2, 0.25) is 0 Å². The third-order valence-corrected chi connectivity index (χ3v) is 3.62. The minimum absolute atomic E-state index is 0.0211. The Morgan fingerprint density at radius 1 is 1.04 bits per heavy atom. The number of benzene rings is 2. The molecular formula is C19H23NO3. The van der Waals surface area contributed by atoms with Crippen molar-refractivity contribution in [2.45, 2.75) is 26.0 Å². The number of methoxy groups -OCH3 is 1. The normalized spacial score (nSPS) is 11.6. The molecule has 1 atom stereocenters. The number of carbonyl (C=O) groups excluding carboxylic acids is 1. The predicted octanol–water partition coefficient (Wildman–Crippen LogP) is 3.51. The van der Waals surface area contributed by atoms with Crippen LogP contribution in [0.15, 0.2) is 54.6 Å². The van der Waals surface area contributed by atoms with Crippen LogP contribution in [0.25, 0.3) is 0 Å². The average molecular weight is 313 g/mol. The molecule has 0 aromatic heterocycles. The van der Waals surface area contributed by atoms with Crippen molar-refractivity contribution in [2.75, 3.05) is 14.2 Å². The summed E-state index contributed by atoms with van der Waals surface area (Å²) in [5, 5.41) is 0. The van der Waals surface area contributed by atoms with E-state index in [1.165, 1.54) is 0 Å². The van der Waals surface area contributed by atoms with Crippen molar-refractivity contribution in [3.8, 4) is 11.5 Å². The summed E-state index contributed by atoms with van der Waals surface area (Å²) in [6.45, 7) is 2.52. The first kappa shape index (κ1) is 16.9. The third kappa shape index (κ3) is 4.74. The maximum atomic E-state index is 12.6. The largest absolute Gasteiger partial charge is 0.497 e. The summed E-state index contributed by atoms with van der Waals surface area (Å²) in [6.07, 6.45) is 0.126. The van der Waals surface area contributed by atoms with Gasteiger partial charge in [-0.05, 0) is 36.2 Å². The van der Waals surface area contributed by atoms with Crippen LogP contribution in [0.5, 0.6) is 11.5 Å². The van der Waals surface area contributed by atoms with Crippen molar-refractivity contribution < 1.29 is 14.3 Å². The van der Waals surface area contributed by atoms with Crippen LogP contribution in [0.4, 0.5) is 0 Å².